The average molecular weight is 246 g/mol. The summed E-state index contributed by atoms with van der Waals surface area (Å²) < 4.78 is 78.0. The second kappa shape index (κ2) is 4.50. The van der Waals surface area contributed by atoms with Crippen LogP contribution in [-0.2, 0) is 0 Å². The topological polar surface area (TPSA) is 29.5 Å². The van der Waals surface area contributed by atoms with Crippen LogP contribution >= 0.6 is 0 Å². The summed E-state index contributed by atoms with van der Waals surface area (Å²) in [6, 6.07) is 0. The molecule has 8 heteroatoms. The molecule has 2 nitrogen and oxygen atoms in total. The minimum absolute atomic E-state index is 1.42. The molecule has 0 spiro atoms. The largest absolute Gasteiger partial charge is 0.503 e. The first-order chi connectivity index (χ1) is 7.36. The number of hydrogen-bond donors (Lipinski definition) is 1. The highest BCUT2D eigenvalue weighted by atomic mass is 19.3. The lowest BCUT2D eigenvalue weighted by Gasteiger charge is -2.09. The third kappa shape index (κ3) is 2.15. The summed E-state index contributed by atoms with van der Waals surface area (Å²) in [5, 5.41) is 8.63. The van der Waals surface area contributed by atoms with Crippen molar-refractivity contribution in [2.75, 3.05) is 6.61 Å². The fraction of sp³-hybridized carbons (Fsp3) is 0.250. The van der Waals surface area contributed by atoms with Crippen LogP contribution in [-0.4, -0.2) is 18.1 Å². The zero-order chi connectivity index (χ0) is 12.5. The molecule has 0 atom stereocenters. The fourth-order valence-electron chi connectivity index (χ4n) is 0.873. The standard InChI is InChI=1S/C8H4F6O2/c9-2(10)1-16-8-5(13)3(11)4(12)7(15)6(8)14/h2,15H,1H2. The van der Waals surface area contributed by atoms with E-state index in [0.29, 0.717) is 0 Å². The molecule has 0 aromatic heterocycles. The Balaban J connectivity index is 3.18. The summed E-state index contributed by atoms with van der Waals surface area (Å²) in [6.07, 6.45) is -3.06. The molecule has 0 bridgehead atoms. The number of phenols is 1. The van der Waals surface area contributed by atoms with Gasteiger partial charge < -0.3 is 9.84 Å². The van der Waals surface area contributed by atoms with E-state index in [4.69, 9.17) is 5.11 Å². The average Bonchev–Trinajstić information content (AvgIpc) is 2.23. The monoisotopic (exact) mass is 246 g/mol. The molecular weight excluding hydrogens is 242 g/mol. The Labute approximate surface area is 85.1 Å². The van der Waals surface area contributed by atoms with Crippen molar-refractivity contribution in [3.05, 3.63) is 23.3 Å². The zero-order valence-corrected chi connectivity index (χ0v) is 7.41. The maximum atomic E-state index is 12.9. The predicted octanol–water partition coefficient (Wildman–Crippen LogP) is 2.59. The van der Waals surface area contributed by atoms with Gasteiger partial charge in [0, 0.05) is 0 Å². The van der Waals surface area contributed by atoms with E-state index < -0.39 is 47.8 Å². The van der Waals surface area contributed by atoms with Gasteiger partial charge in [-0.1, -0.05) is 0 Å². The highest BCUT2D eigenvalue weighted by Gasteiger charge is 2.26. The van der Waals surface area contributed by atoms with Gasteiger partial charge in [0.2, 0.25) is 23.3 Å². The van der Waals surface area contributed by atoms with E-state index in [1.54, 1.807) is 0 Å². The van der Waals surface area contributed by atoms with Crippen LogP contribution in [0.15, 0.2) is 0 Å². The second-order valence-corrected chi connectivity index (χ2v) is 2.64. The minimum atomic E-state index is -3.06. The highest BCUT2D eigenvalue weighted by Crippen LogP contribution is 2.34. The van der Waals surface area contributed by atoms with Crippen molar-refractivity contribution < 1.29 is 36.2 Å². The summed E-state index contributed by atoms with van der Waals surface area (Å²) >= 11 is 0. The van der Waals surface area contributed by atoms with Crippen molar-refractivity contribution in [2.45, 2.75) is 6.43 Å². The fourth-order valence-corrected chi connectivity index (χ4v) is 0.873. The Kier molecular flexibility index (Phi) is 3.51. The summed E-state index contributed by atoms with van der Waals surface area (Å²) in [7, 11) is 0. The number of ether oxygens (including phenoxy) is 1. The molecule has 0 aliphatic heterocycles. The molecule has 0 amide bonds. The first-order valence-corrected chi connectivity index (χ1v) is 3.82. The summed E-state index contributed by atoms with van der Waals surface area (Å²) in [5.41, 5.74) is 0. The van der Waals surface area contributed by atoms with E-state index in [9.17, 15) is 26.3 Å². The van der Waals surface area contributed by atoms with Gasteiger partial charge in [-0.05, 0) is 0 Å². The predicted molar refractivity (Wildman–Crippen MR) is 39.4 cm³/mol. The number of rotatable bonds is 3. The third-order valence-electron chi connectivity index (χ3n) is 1.55. The molecule has 1 rings (SSSR count). The third-order valence-corrected chi connectivity index (χ3v) is 1.55. The molecule has 1 aromatic carbocycles. The summed E-state index contributed by atoms with van der Waals surface area (Å²) in [6.45, 7) is -1.42. The van der Waals surface area contributed by atoms with E-state index in [2.05, 4.69) is 4.74 Å². The van der Waals surface area contributed by atoms with Crippen LogP contribution in [0.4, 0.5) is 26.3 Å². The Morgan fingerprint density at radius 3 is 2.00 bits per heavy atom. The van der Waals surface area contributed by atoms with Crippen LogP contribution in [0.2, 0.25) is 0 Å². The Hall–Kier alpha value is -1.60. The maximum Gasteiger partial charge on any atom is 0.272 e. The molecule has 0 aliphatic rings. The molecule has 0 saturated heterocycles. The Morgan fingerprint density at radius 1 is 0.938 bits per heavy atom. The van der Waals surface area contributed by atoms with E-state index in [1.165, 1.54) is 0 Å². The lowest BCUT2D eigenvalue weighted by atomic mass is 10.2. The molecule has 90 valence electrons. The molecule has 16 heavy (non-hydrogen) atoms. The van der Waals surface area contributed by atoms with Crippen molar-refractivity contribution in [1.82, 2.24) is 0 Å². The van der Waals surface area contributed by atoms with Gasteiger partial charge in [0.05, 0.1) is 0 Å². The van der Waals surface area contributed by atoms with E-state index >= 15 is 0 Å². The van der Waals surface area contributed by atoms with Crippen LogP contribution in [0.1, 0.15) is 0 Å². The summed E-state index contributed by atoms with van der Waals surface area (Å²) in [4.78, 5) is 0. The van der Waals surface area contributed by atoms with Crippen LogP contribution in [0.5, 0.6) is 11.5 Å². The lowest BCUT2D eigenvalue weighted by Crippen LogP contribution is -2.11. The maximum absolute atomic E-state index is 12.9. The van der Waals surface area contributed by atoms with Crippen LogP contribution < -0.4 is 4.74 Å². The van der Waals surface area contributed by atoms with Crippen molar-refractivity contribution in [3.63, 3.8) is 0 Å². The first-order valence-electron chi connectivity index (χ1n) is 3.82. The van der Waals surface area contributed by atoms with E-state index in [0.717, 1.165) is 0 Å². The number of halogens is 6. The lowest BCUT2D eigenvalue weighted by molar-refractivity contribution is 0.0765. The number of alkyl halides is 2. The van der Waals surface area contributed by atoms with Gasteiger partial charge in [0.25, 0.3) is 6.43 Å². The van der Waals surface area contributed by atoms with Crippen molar-refractivity contribution in [1.29, 1.82) is 0 Å². The zero-order valence-electron chi connectivity index (χ0n) is 7.41. The number of aromatic hydroxyl groups is 1. The Morgan fingerprint density at radius 2 is 1.50 bits per heavy atom. The number of hydrogen-bond acceptors (Lipinski definition) is 2. The van der Waals surface area contributed by atoms with E-state index in [-0.39, 0.29) is 0 Å². The van der Waals surface area contributed by atoms with Gasteiger partial charge in [-0.15, -0.1) is 0 Å². The molecule has 1 N–H and O–H groups in total. The van der Waals surface area contributed by atoms with Gasteiger partial charge in [0.1, 0.15) is 6.61 Å². The van der Waals surface area contributed by atoms with Crippen LogP contribution in [0.25, 0.3) is 0 Å². The molecule has 0 fully saturated rings. The normalized spacial score (nSPS) is 10.9. The molecule has 0 radical (unpaired) electrons. The minimum Gasteiger partial charge on any atom is -0.503 e. The number of phenolic OH excluding ortho intramolecular Hbond substituents is 1. The highest BCUT2D eigenvalue weighted by molar-refractivity contribution is 5.38. The van der Waals surface area contributed by atoms with Crippen molar-refractivity contribution in [2.24, 2.45) is 0 Å². The second-order valence-electron chi connectivity index (χ2n) is 2.64. The van der Waals surface area contributed by atoms with Crippen LogP contribution in [0, 0.1) is 23.3 Å². The van der Waals surface area contributed by atoms with Gasteiger partial charge in [-0.25, -0.2) is 13.2 Å². The Bertz CT molecular complexity index is 377. The van der Waals surface area contributed by atoms with Crippen molar-refractivity contribution in [3.8, 4) is 11.5 Å². The molecular formula is C8H4F6O2. The first kappa shape index (κ1) is 12.5. The quantitative estimate of drug-likeness (QED) is 0.504. The van der Waals surface area contributed by atoms with Gasteiger partial charge in [0.15, 0.2) is 11.5 Å². The van der Waals surface area contributed by atoms with Gasteiger partial charge >= 0.3 is 0 Å². The molecule has 0 aliphatic carbocycles. The van der Waals surface area contributed by atoms with Gasteiger partial charge in [-0.3, -0.25) is 0 Å². The SMILES string of the molecule is Oc1c(F)c(F)c(F)c(OCC(F)F)c1F. The van der Waals surface area contributed by atoms with Gasteiger partial charge in [-0.2, -0.15) is 13.2 Å². The molecule has 0 heterocycles. The molecule has 1 aromatic rings. The van der Waals surface area contributed by atoms with E-state index in [1.807, 2.05) is 0 Å². The summed E-state index contributed by atoms with van der Waals surface area (Å²) in [5.74, 6) is -11.9. The number of benzene rings is 1. The molecule has 0 unspecified atom stereocenters. The van der Waals surface area contributed by atoms with Crippen molar-refractivity contribution >= 4 is 0 Å². The molecule has 0 saturated carbocycles. The van der Waals surface area contributed by atoms with Crippen LogP contribution in [0.3, 0.4) is 0 Å². The smallest absolute Gasteiger partial charge is 0.272 e.